The largest absolute Gasteiger partial charge is 0.507 e. The Hall–Kier alpha value is -3.52. The summed E-state index contributed by atoms with van der Waals surface area (Å²) < 4.78 is 11.4. The van der Waals surface area contributed by atoms with E-state index in [1.807, 2.05) is 25.9 Å². The molecule has 0 unspecified atom stereocenters. The van der Waals surface area contributed by atoms with E-state index in [0.717, 1.165) is 5.56 Å². The molecule has 0 saturated carbocycles. The lowest BCUT2D eigenvalue weighted by atomic mass is 9.94. The van der Waals surface area contributed by atoms with E-state index in [1.165, 1.54) is 11.0 Å². The number of aliphatic hydroxyl groups is 1. The number of benzene rings is 2. The molecule has 1 aliphatic heterocycles. The second kappa shape index (κ2) is 11.5. The van der Waals surface area contributed by atoms with Gasteiger partial charge in [0.2, 0.25) is 0 Å². The molecule has 3 rings (SSSR count). The van der Waals surface area contributed by atoms with Crippen LogP contribution in [0.3, 0.4) is 0 Å². The second-order valence-corrected chi connectivity index (χ2v) is 9.64. The van der Waals surface area contributed by atoms with E-state index in [9.17, 15) is 19.8 Å². The van der Waals surface area contributed by atoms with Crippen molar-refractivity contribution in [2.24, 2.45) is 5.92 Å². The fourth-order valence-corrected chi connectivity index (χ4v) is 4.11. The first-order valence-corrected chi connectivity index (χ1v) is 12.2. The highest BCUT2D eigenvalue weighted by Gasteiger charge is 2.46. The Kier molecular flexibility index (Phi) is 8.63. The van der Waals surface area contributed by atoms with Gasteiger partial charge < -0.3 is 29.5 Å². The zero-order chi connectivity index (χ0) is 26.6. The van der Waals surface area contributed by atoms with E-state index in [2.05, 4.69) is 13.8 Å². The number of ether oxygens (including phenoxy) is 2. The number of Topliss-reactive ketones (excluding diaryl/α,β-unsaturated/α-hetero) is 1. The minimum absolute atomic E-state index is 0.00198. The summed E-state index contributed by atoms with van der Waals surface area (Å²) in [5, 5.41) is 21.5. The summed E-state index contributed by atoms with van der Waals surface area (Å²) in [6, 6.07) is 9.08. The Balaban J connectivity index is 2.12. The molecule has 0 aromatic heterocycles. The van der Waals surface area contributed by atoms with E-state index in [0.29, 0.717) is 42.6 Å². The van der Waals surface area contributed by atoms with Gasteiger partial charge in [0.05, 0.1) is 24.8 Å². The predicted molar refractivity (Wildman–Crippen MR) is 138 cm³/mol. The summed E-state index contributed by atoms with van der Waals surface area (Å²) in [5.74, 6) is -0.418. The quantitative estimate of drug-likeness (QED) is 0.290. The molecule has 2 N–H and O–H groups in total. The van der Waals surface area contributed by atoms with E-state index >= 15 is 0 Å². The van der Waals surface area contributed by atoms with Crippen LogP contribution in [-0.2, 0) is 9.59 Å². The third kappa shape index (κ3) is 5.82. The fraction of sp³-hybridized carbons (Fsp3) is 0.429. The van der Waals surface area contributed by atoms with E-state index in [1.54, 1.807) is 37.3 Å². The van der Waals surface area contributed by atoms with Gasteiger partial charge in [0, 0.05) is 18.7 Å². The minimum Gasteiger partial charge on any atom is -0.507 e. The number of ketones is 1. The van der Waals surface area contributed by atoms with E-state index in [4.69, 9.17) is 9.47 Å². The van der Waals surface area contributed by atoms with Gasteiger partial charge in [-0.1, -0.05) is 19.9 Å². The molecule has 1 saturated heterocycles. The molecule has 1 amide bonds. The van der Waals surface area contributed by atoms with Gasteiger partial charge >= 0.3 is 0 Å². The molecule has 0 spiro atoms. The molecule has 1 atom stereocenters. The SMILES string of the molecule is CCOc1cc([C@H]2/C(=C(\O)c3ccc(OCC(C)C)c(C)c3)C(=O)C(=O)N2CCN(C)C)ccc1O. The summed E-state index contributed by atoms with van der Waals surface area (Å²) in [6.45, 7) is 9.50. The molecular weight excluding hydrogens is 460 g/mol. The van der Waals surface area contributed by atoms with Crippen molar-refractivity contribution in [2.75, 3.05) is 40.4 Å². The Bertz CT molecular complexity index is 1150. The number of amides is 1. The molecule has 8 heteroatoms. The molecule has 1 aliphatic rings. The number of aromatic hydroxyl groups is 1. The smallest absolute Gasteiger partial charge is 0.295 e. The number of carbonyl (C=O) groups is 2. The lowest BCUT2D eigenvalue weighted by Gasteiger charge is -2.27. The Labute approximate surface area is 212 Å². The number of hydrogen-bond donors (Lipinski definition) is 2. The summed E-state index contributed by atoms with van der Waals surface area (Å²) in [7, 11) is 3.76. The van der Waals surface area contributed by atoms with E-state index < -0.39 is 17.7 Å². The molecule has 1 heterocycles. The van der Waals surface area contributed by atoms with Crippen molar-refractivity contribution < 1.29 is 29.3 Å². The van der Waals surface area contributed by atoms with Crippen LogP contribution in [0.5, 0.6) is 17.2 Å². The normalized spacial score (nSPS) is 17.3. The van der Waals surface area contributed by atoms with E-state index in [-0.39, 0.29) is 29.4 Å². The van der Waals surface area contributed by atoms with Crippen molar-refractivity contribution in [2.45, 2.75) is 33.7 Å². The number of nitrogens with zero attached hydrogens (tertiary/aromatic N) is 2. The van der Waals surface area contributed by atoms with Crippen molar-refractivity contribution in [1.82, 2.24) is 9.80 Å². The van der Waals surface area contributed by atoms with Crippen LogP contribution in [-0.4, -0.2) is 72.1 Å². The molecule has 2 aromatic carbocycles. The number of phenols is 1. The van der Waals surface area contributed by atoms with Gasteiger partial charge in [-0.25, -0.2) is 0 Å². The van der Waals surface area contributed by atoms with Crippen LogP contribution in [0.25, 0.3) is 5.76 Å². The number of carbonyl (C=O) groups excluding carboxylic acids is 2. The molecule has 0 radical (unpaired) electrons. The predicted octanol–water partition coefficient (Wildman–Crippen LogP) is 4.12. The van der Waals surface area contributed by atoms with Gasteiger partial charge in [-0.2, -0.15) is 0 Å². The average Bonchev–Trinajstić information content (AvgIpc) is 3.07. The Morgan fingerprint density at radius 1 is 1.08 bits per heavy atom. The number of likely N-dealkylation sites (tertiary alicyclic amines) is 1. The average molecular weight is 497 g/mol. The number of hydrogen-bond acceptors (Lipinski definition) is 7. The first kappa shape index (κ1) is 27.1. The van der Waals surface area contributed by atoms with Crippen LogP contribution in [0.15, 0.2) is 42.0 Å². The van der Waals surface area contributed by atoms with Gasteiger partial charge in [0.15, 0.2) is 11.5 Å². The maximum Gasteiger partial charge on any atom is 0.295 e. The van der Waals surface area contributed by atoms with Crippen LogP contribution >= 0.6 is 0 Å². The zero-order valence-electron chi connectivity index (χ0n) is 21.9. The van der Waals surface area contributed by atoms with Crippen LogP contribution in [0, 0.1) is 12.8 Å². The second-order valence-electron chi connectivity index (χ2n) is 9.64. The van der Waals surface area contributed by atoms with Crippen molar-refractivity contribution in [1.29, 1.82) is 0 Å². The summed E-state index contributed by atoms with van der Waals surface area (Å²) in [6.07, 6.45) is 0. The first-order valence-electron chi connectivity index (χ1n) is 12.2. The van der Waals surface area contributed by atoms with Crippen molar-refractivity contribution in [3.63, 3.8) is 0 Å². The highest BCUT2D eigenvalue weighted by Crippen LogP contribution is 2.42. The molecule has 1 fully saturated rings. The molecule has 0 bridgehead atoms. The van der Waals surface area contributed by atoms with Gasteiger partial charge in [0.25, 0.3) is 11.7 Å². The van der Waals surface area contributed by atoms with Gasteiger partial charge in [-0.05, 0) is 75.3 Å². The monoisotopic (exact) mass is 496 g/mol. The lowest BCUT2D eigenvalue weighted by molar-refractivity contribution is -0.140. The number of aryl methyl sites for hydroxylation is 1. The third-order valence-electron chi connectivity index (χ3n) is 5.95. The van der Waals surface area contributed by atoms with Gasteiger partial charge in [-0.3, -0.25) is 9.59 Å². The highest BCUT2D eigenvalue weighted by atomic mass is 16.5. The van der Waals surface area contributed by atoms with Crippen molar-refractivity contribution in [3.05, 3.63) is 58.7 Å². The van der Waals surface area contributed by atoms with Crippen LogP contribution in [0.2, 0.25) is 0 Å². The maximum absolute atomic E-state index is 13.2. The molecule has 2 aromatic rings. The summed E-state index contributed by atoms with van der Waals surface area (Å²) in [5.41, 5.74) is 1.79. The molecule has 194 valence electrons. The first-order chi connectivity index (χ1) is 17.0. The molecular formula is C28H36N2O6. The molecule has 8 nitrogen and oxygen atoms in total. The number of rotatable bonds is 10. The third-order valence-corrected chi connectivity index (χ3v) is 5.95. The highest BCUT2D eigenvalue weighted by molar-refractivity contribution is 6.46. The number of likely N-dealkylation sites (N-methyl/N-ethyl adjacent to an activating group) is 1. The summed E-state index contributed by atoms with van der Waals surface area (Å²) >= 11 is 0. The Morgan fingerprint density at radius 2 is 1.81 bits per heavy atom. The van der Waals surface area contributed by atoms with Crippen LogP contribution < -0.4 is 9.47 Å². The zero-order valence-corrected chi connectivity index (χ0v) is 21.9. The van der Waals surface area contributed by atoms with Crippen LogP contribution in [0.1, 0.15) is 43.5 Å². The summed E-state index contributed by atoms with van der Waals surface area (Å²) in [4.78, 5) is 29.7. The minimum atomic E-state index is -0.832. The van der Waals surface area contributed by atoms with Gasteiger partial charge in [0.1, 0.15) is 11.5 Å². The van der Waals surface area contributed by atoms with Crippen molar-refractivity contribution in [3.8, 4) is 17.2 Å². The van der Waals surface area contributed by atoms with Gasteiger partial charge in [-0.15, -0.1) is 0 Å². The number of aliphatic hydroxyl groups excluding tert-OH is 1. The van der Waals surface area contributed by atoms with Crippen LogP contribution in [0.4, 0.5) is 0 Å². The maximum atomic E-state index is 13.2. The Morgan fingerprint density at radius 3 is 2.42 bits per heavy atom. The molecule has 0 aliphatic carbocycles. The fourth-order valence-electron chi connectivity index (χ4n) is 4.11. The standard InChI is InChI=1S/C28H36N2O6/c1-7-35-23-15-19(8-10-21(23)31)25-24(27(33)28(34)30(25)13-12-29(5)6)26(32)20-9-11-22(18(4)14-20)36-16-17(2)3/h8-11,14-15,17,25,31-32H,7,12-13,16H2,1-6H3/b26-24+/t25-/m0/s1. The number of phenolic OH excluding ortho intramolecular Hbond substituents is 1. The van der Waals surface area contributed by atoms with Crippen molar-refractivity contribution >= 4 is 17.4 Å². The topological polar surface area (TPSA) is 99.5 Å². The lowest BCUT2D eigenvalue weighted by Crippen LogP contribution is -2.35. The molecule has 36 heavy (non-hydrogen) atoms.